The summed E-state index contributed by atoms with van der Waals surface area (Å²) in [6.45, 7) is 0. The highest BCUT2D eigenvalue weighted by Crippen LogP contribution is 2.34. The highest BCUT2D eigenvalue weighted by molar-refractivity contribution is 6.00. The van der Waals surface area contributed by atoms with Crippen molar-refractivity contribution in [2.24, 2.45) is 0 Å². The lowest BCUT2D eigenvalue weighted by molar-refractivity contribution is 0.628. The minimum Gasteiger partial charge on any atom is -0.353 e. The number of hydrogen-bond acceptors (Lipinski definition) is 4. The molecule has 0 atom stereocenters. The van der Waals surface area contributed by atoms with E-state index in [4.69, 9.17) is 4.98 Å². The van der Waals surface area contributed by atoms with Crippen LogP contribution < -0.4 is 0 Å². The third kappa shape index (κ3) is 2.95. The summed E-state index contributed by atoms with van der Waals surface area (Å²) < 4.78 is 13.4. The molecule has 2 aromatic carbocycles. The fraction of sp³-hybridized carbons (Fsp3) is 0. The lowest BCUT2D eigenvalue weighted by atomic mass is 10.0. The van der Waals surface area contributed by atoms with Crippen molar-refractivity contribution in [1.82, 2.24) is 30.1 Å². The van der Waals surface area contributed by atoms with Gasteiger partial charge in [-0.2, -0.15) is 5.10 Å². The van der Waals surface area contributed by atoms with Gasteiger partial charge in [0, 0.05) is 28.9 Å². The van der Waals surface area contributed by atoms with Crippen molar-refractivity contribution in [2.45, 2.75) is 0 Å². The number of fused-ring (bicyclic) bond motifs is 2. The number of H-pyrrole nitrogens is 2. The molecule has 0 saturated heterocycles. The van der Waals surface area contributed by atoms with Crippen LogP contribution in [0.15, 0.2) is 79.4 Å². The number of benzene rings is 2. The molecule has 0 saturated carbocycles. The minimum atomic E-state index is -0.251. The first-order valence-corrected chi connectivity index (χ1v) is 9.75. The average Bonchev–Trinajstić information content (AvgIpc) is 3.43. The minimum absolute atomic E-state index is 0.251. The van der Waals surface area contributed by atoms with Crippen LogP contribution in [0, 0.1) is 5.82 Å². The molecule has 7 heteroatoms. The molecule has 148 valence electrons. The molecule has 0 spiro atoms. The number of pyridine rings is 1. The van der Waals surface area contributed by atoms with Crippen molar-refractivity contribution in [1.29, 1.82) is 0 Å². The molecule has 0 amide bonds. The van der Waals surface area contributed by atoms with Gasteiger partial charge in [-0.1, -0.05) is 24.3 Å². The van der Waals surface area contributed by atoms with Gasteiger partial charge < -0.3 is 4.98 Å². The van der Waals surface area contributed by atoms with Crippen molar-refractivity contribution in [2.75, 3.05) is 0 Å². The molecule has 31 heavy (non-hydrogen) atoms. The first kappa shape index (κ1) is 17.5. The predicted molar refractivity (Wildman–Crippen MR) is 118 cm³/mol. The van der Waals surface area contributed by atoms with Gasteiger partial charge in [0.2, 0.25) is 0 Å². The van der Waals surface area contributed by atoms with Crippen LogP contribution in [0.1, 0.15) is 0 Å². The maximum Gasteiger partial charge on any atom is 0.135 e. The van der Waals surface area contributed by atoms with Crippen molar-refractivity contribution < 1.29 is 4.39 Å². The molecule has 4 aromatic heterocycles. The maximum atomic E-state index is 13.4. The smallest absolute Gasteiger partial charge is 0.135 e. The molecule has 6 nitrogen and oxygen atoms in total. The van der Waals surface area contributed by atoms with E-state index in [9.17, 15) is 4.39 Å². The summed E-state index contributed by atoms with van der Waals surface area (Å²) >= 11 is 0. The van der Waals surface area contributed by atoms with Gasteiger partial charge in [0.15, 0.2) is 0 Å². The predicted octanol–water partition coefficient (Wildman–Crippen LogP) is 5.37. The molecule has 6 rings (SSSR count). The molecule has 0 aliphatic heterocycles. The third-order valence-electron chi connectivity index (χ3n) is 5.34. The number of nitrogens with one attached hydrogen (secondary N) is 2. The molecule has 0 fully saturated rings. The van der Waals surface area contributed by atoms with Crippen molar-refractivity contribution in [3.05, 3.63) is 85.2 Å². The van der Waals surface area contributed by atoms with Gasteiger partial charge in [0.25, 0.3) is 0 Å². The van der Waals surface area contributed by atoms with Gasteiger partial charge in [-0.05, 0) is 47.5 Å². The third-order valence-corrected chi connectivity index (χ3v) is 5.34. The Bertz CT molecular complexity index is 1530. The van der Waals surface area contributed by atoms with Gasteiger partial charge in [-0.3, -0.25) is 5.10 Å². The molecule has 0 bridgehead atoms. The maximum absolute atomic E-state index is 13.4. The van der Waals surface area contributed by atoms with Crippen molar-refractivity contribution >= 4 is 21.9 Å². The standard InChI is InChI=1S/C24H15FN6/c25-16-6-4-14(5-7-16)17-2-1-3-20-18(17)10-22(28-20)24-23-21(30-31-24)9-8-19(29-23)15-11-26-13-27-12-15/h1-13,28H,(H,30,31). The second kappa shape index (κ2) is 6.84. The first-order valence-electron chi connectivity index (χ1n) is 9.75. The van der Waals surface area contributed by atoms with Gasteiger partial charge in [-0.15, -0.1) is 0 Å². The summed E-state index contributed by atoms with van der Waals surface area (Å²) in [7, 11) is 0. The van der Waals surface area contributed by atoms with E-state index in [2.05, 4.69) is 31.2 Å². The Morgan fingerprint density at radius 2 is 1.65 bits per heavy atom. The van der Waals surface area contributed by atoms with Gasteiger partial charge in [0.1, 0.15) is 23.4 Å². The molecule has 4 heterocycles. The summed E-state index contributed by atoms with van der Waals surface area (Å²) in [6.07, 6.45) is 4.96. The Balaban J connectivity index is 1.51. The van der Waals surface area contributed by atoms with Gasteiger partial charge in [-0.25, -0.2) is 19.3 Å². The Kier molecular flexibility index (Phi) is 3.86. The zero-order valence-electron chi connectivity index (χ0n) is 16.2. The summed E-state index contributed by atoms with van der Waals surface area (Å²) in [5.41, 5.74) is 7.75. The molecule has 0 aliphatic carbocycles. The number of halogens is 1. The van der Waals surface area contributed by atoms with Crippen LogP contribution in [0.5, 0.6) is 0 Å². The zero-order chi connectivity index (χ0) is 20.8. The largest absolute Gasteiger partial charge is 0.353 e. The molecule has 0 aliphatic rings. The van der Waals surface area contributed by atoms with E-state index in [0.29, 0.717) is 0 Å². The van der Waals surface area contributed by atoms with Crippen LogP contribution in [0.25, 0.3) is 55.7 Å². The summed E-state index contributed by atoms with van der Waals surface area (Å²) in [5.74, 6) is -0.251. The second-order valence-corrected chi connectivity index (χ2v) is 7.25. The Hall–Kier alpha value is -4.39. The van der Waals surface area contributed by atoms with E-state index < -0.39 is 0 Å². The van der Waals surface area contributed by atoms with E-state index in [1.807, 2.05) is 30.3 Å². The number of aromatic amines is 2. The summed E-state index contributed by atoms with van der Waals surface area (Å²) in [5, 5.41) is 8.60. The summed E-state index contributed by atoms with van der Waals surface area (Å²) in [4.78, 5) is 16.4. The van der Waals surface area contributed by atoms with Crippen LogP contribution in [0.2, 0.25) is 0 Å². The Labute approximate surface area is 175 Å². The van der Waals surface area contributed by atoms with Crippen LogP contribution >= 0.6 is 0 Å². The van der Waals surface area contributed by atoms with Crippen LogP contribution in [-0.4, -0.2) is 30.1 Å². The van der Waals surface area contributed by atoms with E-state index in [1.165, 1.54) is 18.5 Å². The lowest BCUT2D eigenvalue weighted by Gasteiger charge is -2.03. The van der Waals surface area contributed by atoms with E-state index in [-0.39, 0.29) is 5.82 Å². The number of rotatable bonds is 3. The SMILES string of the molecule is Fc1ccc(-c2cccc3[nH]c(-c4n[nH]c5ccc(-c6cncnc6)nc45)cc23)cc1. The van der Waals surface area contributed by atoms with Crippen molar-refractivity contribution in [3.8, 4) is 33.8 Å². The van der Waals surface area contributed by atoms with Crippen LogP contribution in [-0.2, 0) is 0 Å². The quantitative estimate of drug-likeness (QED) is 0.414. The molecule has 2 N–H and O–H groups in total. The molecular weight excluding hydrogens is 391 g/mol. The Morgan fingerprint density at radius 3 is 2.48 bits per heavy atom. The lowest BCUT2D eigenvalue weighted by Crippen LogP contribution is -1.87. The molecule has 6 aromatic rings. The van der Waals surface area contributed by atoms with E-state index in [1.54, 1.807) is 24.5 Å². The van der Waals surface area contributed by atoms with Crippen LogP contribution in [0.4, 0.5) is 4.39 Å². The van der Waals surface area contributed by atoms with Gasteiger partial charge in [0.05, 0.1) is 16.9 Å². The van der Waals surface area contributed by atoms with Crippen LogP contribution in [0.3, 0.4) is 0 Å². The monoisotopic (exact) mass is 406 g/mol. The molecule has 0 radical (unpaired) electrons. The van der Waals surface area contributed by atoms with Gasteiger partial charge >= 0.3 is 0 Å². The number of hydrogen-bond donors (Lipinski definition) is 2. The highest BCUT2D eigenvalue weighted by atomic mass is 19.1. The normalized spacial score (nSPS) is 11.4. The summed E-state index contributed by atoms with van der Waals surface area (Å²) in [6, 6.07) is 18.5. The number of nitrogens with zero attached hydrogens (tertiary/aromatic N) is 4. The molecule has 0 unspecified atom stereocenters. The second-order valence-electron chi connectivity index (χ2n) is 7.25. The Morgan fingerprint density at radius 1 is 0.806 bits per heavy atom. The average molecular weight is 406 g/mol. The fourth-order valence-electron chi connectivity index (χ4n) is 3.84. The highest BCUT2D eigenvalue weighted by Gasteiger charge is 2.15. The topological polar surface area (TPSA) is 83.1 Å². The van der Waals surface area contributed by atoms with Crippen molar-refractivity contribution in [3.63, 3.8) is 0 Å². The van der Waals surface area contributed by atoms with E-state index >= 15 is 0 Å². The first-order chi connectivity index (χ1) is 15.3. The number of aromatic nitrogens is 6. The molecular formula is C24H15FN6. The zero-order valence-corrected chi connectivity index (χ0v) is 16.2. The fourth-order valence-corrected chi connectivity index (χ4v) is 3.84. The van der Waals surface area contributed by atoms with E-state index in [0.717, 1.165) is 55.7 Å².